The Balaban J connectivity index is 2.29. The second-order valence-corrected chi connectivity index (χ2v) is 5.24. The normalized spacial score (nSPS) is 21.7. The summed E-state index contributed by atoms with van der Waals surface area (Å²) in [6.07, 6.45) is 3.68. The van der Waals surface area contributed by atoms with Crippen LogP contribution in [-0.4, -0.2) is 30.5 Å². The van der Waals surface area contributed by atoms with E-state index < -0.39 is 0 Å². The van der Waals surface area contributed by atoms with Gasteiger partial charge >= 0.3 is 0 Å². The molecule has 78 valence electrons. The molecular weight excluding hydrogens is 200 g/mol. The van der Waals surface area contributed by atoms with E-state index in [1.165, 1.54) is 30.8 Å². The summed E-state index contributed by atoms with van der Waals surface area (Å²) in [5.41, 5.74) is 0.473. The lowest BCUT2D eigenvalue weighted by Gasteiger charge is -2.35. The Hall–Kier alpha value is 0.660. The van der Waals surface area contributed by atoms with Crippen molar-refractivity contribution in [1.82, 2.24) is 0 Å². The molecule has 3 heteroatoms. The minimum atomic E-state index is 0.473. The summed E-state index contributed by atoms with van der Waals surface area (Å²) in [6, 6.07) is 0. The highest BCUT2D eigenvalue weighted by molar-refractivity contribution is 7.99. The highest BCUT2D eigenvalue weighted by Gasteiger charge is 2.30. The van der Waals surface area contributed by atoms with Crippen LogP contribution in [0.5, 0.6) is 0 Å². The molecule has 0 aromatic heterocycles. The fraction of sp³-hybridized carbons (Fsp3) is 1.00. The van der Waals surface area contributed by atoms with E-state index in [1.54, 1.807) is 0 Å². The van der Waals surface area contributed by atoms with Crippen molar-refractivity contribution in [2.45, 2.75) is 26.2 Å². The van der Waals surface area contributed by atoms with Gasteiger partial charge in [0.05, 0.1) is 0 Å². The van der Waals surface area contributed by atoms with Crippen LogP contribution in [0.4, 0.5) is 0 Å². The lowest BCUT2D eigenvalue weighted by Crippen LogP contribution is -2.33. The van der Waals surface area contributed by atoms with Crippen LogP contribution >= 0.6 is 24.4 Å². The average molecular weight is 220 g/mol. The maximum absolute atomic E-state index is 5.39. The van der Waals surface area contributed by atoms with E-state index in [9.17, 15) is 0 Å². The number of thiol groups is 1. The first-order valence-corrected chi connectivity index (χ1v) is 6.88. The van der Waals surface area contributed by atoms with Crippen molar-refractivity contribution in [2.75, 3.05) is 30.5 Å². The molecule has 0 unspecified atom stereocenters. The zero-order chi connectivity index (χ0) is 9.57. The molecule has 1 aliphatic heterocycles. The zero-order valence-electron chi connectivity index (χ0n) is 8.42. The summed E-state index contributed by atoms with van der Waals surface area (Å²) in [5, 5.41) is 0. The van der Waals surface area contributed by atoms with Crippen molar-refractivity contribution in [3.63, 3.8) is 0 Å². The van der Waals surface area contributed by atoms with E-state index >= 15 is 0 Å². The second-order valence-electron chi connectivity index (χ2n) is 3.82. The van der Waals surface area contributed by atoms with Crippen LogP contribution < -0.4 is 0 Å². The van der Waals surface area contributed by atoms with Crippen LogP contribution in [-0.2, 0) is 4.74 Å². The van der Waals surface area contributed by atoms with Crippen molar-refractivity contribution in [1.29, 1.82) is 0 Å². The van der Waals surface area contributed by atoms with Gasteiger partial charge < -0.3 is 4.74 Å². The zero-order valence-corrected chi connectivity index (χ0v) is 10.1. The summed E-state index contributed by atoms with van der Waals surface area (Å²) in [7, 11) is 0. The topological polar surface area (TPSA) is 9.23 Å². The summed E-state index contributed by atoms with van der Waals surface area (Å²) < 4.78 is 5.39. The molecule has 0 bridgehead atoms. The van der Waals surface area contributed by atoms with Crippen molar-refractivity contribution in [3.05, 3.63) is 0 Å². The quantitative estimate of drug-likeness (QED) is 0.563. The van der Waals surface area contributed by atoms with Crippen LogP contribution in [0.3, 0.4) is 0 Å². The minimum Gasteiger partial charge on any atom is -0.381 e. The predicted molar refractivity (Wildman–Crippen MR) is 64.0 cm³/mol. The van der Waals surface area contributed by atoms with Gasteiger partial charge in [0, 0.05) is 13.2 Å². The first kappa shape index (κ1) is 11.7. The molecule has 0 radical (unpaired) electrons. The summed E-state index contributed by atoms with van der Waals surface area (Å²) in [5.74, 6) is 3.58. The van der Waals surface area contributed by atoms with Crippen molar-refractivity contribution >= 4 is 24.4 Å². The molecule has 1 rings (SSSR count). The Morgan fingerprint density at radius 2 is 2.08 bits per heavy atom. The Morgan fingerprint density at radius 1 is 1.38 bits per heavy atom. The number of rotatable bonds is 5. The van der Waals surface area contributed by atoms with E-state index in [1.807, 2.05) is 0 Å². The largest absolute Gasteiger partial charge is 0.381 e. The third kappa shape index (κ3) is 3.72. The highest BCUT2D eigenvalue weighted by atomic mass is 32.2. The van der Waals surface area contributed by atoms with Gasteiger partial charge in [-0.05, 0) is 41.9 Å². The van der Waals surface area contributed by atoms with Crippen molar-refractivity contribution in [3.8, 4) is 0 Å². The minimum absolute atomic E-state index is 0.473. The summed E-state index contributed by atoms with van der Waals surface area (Å²) in [4.78, 5) is 0. The Bertz CT molecular complexity index is 133. The van der Waals surface area contributed by atoms with E-state index in [0.717, 1.165) is 19.0 Å². The van der Waals surface area contributed by atoms with Gasteiger partial charge in [-0.15, -0.1) is 0 Å². The molecular formula is C10H20OS2. The van der Waals surface area contributed by atoms with Gasteiger partial charge in [-0.3, -0.25) is 0 Å². The SMILES string of the molecule is CCCSCC1(CS)CCOCC1. The van der Waals surface area contributed by atoms with Crippen LogP contribution in [0, 0.1) is 5.41 Å². The summed E-state index contributed by atoms with van der Waals surface area (Å²) >= 11 is 6.56. The Kier molecular flexibility index (Phi) is 5.60. The molecule has 1 fully saturated rings. The molecule has 1 heterocycles. The van der Waals surface area contributed by atoms with E-state index in [2.05, 4.69) is 31.3 Å². The monoisotopic (exact) mass is 220 g/mol. The van der Waals surface area contributed by atoms with Crippen LogP contribution in [0.15, 0.2) is 0 Å². The standard InChI is InChI=1S/C10H20OS2/c1-2-7-13-9-10(8-12)3-5-11-6-4-10/h12H,2-9H2,1H3. The van der Waals surface area contributed by atoms with Gasteiger partial charge in [-0.25, -0.2) is 0 Å². The third-order valence-electron chi connectivity index (χ3n) is 2.65. The maximum atomic E-state index is 5.39. The average Bonchev–Trinajstić information content (AvgIpc) is 2.20. The third-order valence-corrected chi connectivity index (χ3v) is 4.83. The molecule has 13 heavy (non-hydrogen) atoms. The van der Waals surface area contributed by atoms with Crippen molar-refractivity contribution < 1.29 is 4.74 Å². The number of hydrogen-bond donors (Lipinski definition) is 1. The second kappa shape index (κ2) is 6.20. The molecule has 0 saturated carbocycles. The Morgan fingerprint density at radius 3 is 2.62 bits per heavy atom. The van der Waals surface area contributed by atoms with E-state index in [-0.39, 0.29) is 0 Å². The van der Waals surface area contributed by atoms with Gasteiger partial charge in [0.15, 0.2) is 0 Å². The number of hydrogen-bond acceptors (Lipinski definition) is 3. The fourth-order valence-corrected chi connectivity index (χ4v) is 3.42. The van der Waals surface area contributed by atoms with Gasteiger partial charge in [-0.1, -0.05) is 6.92 Å². The first-order chi connectivity index (χ1) is 6.33. The smallest absolute Gasteiger partial charge is 0.0471 e. The van der Waals surface area contributed by atoms with E-state index in [4.69, 9.17) is 4.74 Å². The molecule has 0 N–H and O–H groups in total. The van der Waals surface area contributed by atoms with Crippen molar-refractivity contribution in [2.24, 2.45) is 5.41 Å². The molecule has 0 amide bonds. The maximum Gasteiger partial charge on any atom is 0.0471 e. The lowest BCUT2D eigenvalue weighted by atomic mass is 9.84. The van der Waals surface area contributed by atoms with Crippen LogP contribution in [0.1, 0.15) is 26.2 Å². The number of ether oxygens (including phenoxy) is 1. The predicted octanol–water partition coefficient (Wildman–Crippen LogP) is 2.86. The van der Waals surface area contributed by atoms with Crippen LogP contribution in [0.25, 0.3) is 0 Å². The fourth-order valence-electron chi connectivity index (χ4n) is 1.59. The van der Waals surface area contributed by atoms with Gasteiger partial charge in [0.2, 0.25) is 0 Å². The first-order valence-electron chi connectivity index (χ1n) is 5.09. The molecule has 1 aliphatic rings. The molecule has 0 spiro atoms. The molecule has 0 aromatic carbocycles. The van der Waals surface area contributed by atoms with Gasteiger partial charge in [-0.2, -0.15) is 24.4 Å². The van der Waals surface area contributed by atoms with Gasteiger partial charge in [0.25, 0.3) is 0 Å². The molecule has 1 saturated heterocycles. The lowest BCUT2D eigenvalue weighted by molar-refractivity contribution is 0.0371. The summed E-state index contributed by atoms with van der Waals surface area (Å²) in [6.45, 7) is 4.12. The van der Waals surface area contributed by atoms with Crippen LogP contribution in [0.2, 0.25) is 0 Å². The Labute approximate surface area is 91.4 Å². The molecule has 1 nitrogen and oxygen atoms in total. The molecule has 0 aromatic rings. The molecule has 0 atom stereocenters. The highest BCUT2D eigenvalue weighted by Crippen LogP contribution is 2.35. The van der Waals surface area contributed by atoms with E-state index in [0.29, 0.717) is 5.41 Å². The van der Waals surface area contributed by atoms with Gasteiger partial charge in [0.1, 0.15) is 0 Å². The number of thioether (sulfide) groups is 1. The molecule has 0 aliphatic carbocycles.